The summed E-state index contributed by atoms with van der Waals surface area (Å²) in [5.41, 5.74) is 0.880. The highest BCUT2D eigenvalue weighted by Gasteiger charge is 2.25. The summed E-state index contributed by atoms with van der Waals surface area (Å²) in [5, 5.41) is 8.77. The van der Waals surface area contributed by atoms with Crippen LogP contribution in [0.15, 0.2) is 38.4 Å². The number of hydrogen-bond donors (Lipinski definition) is 2. The monoisotopic (exact) mass is 360 g/mol. The van der Waals surface area contributed by atoms with Crippen LogP contribution in [0.2, 0.25) is 0 Å². The molecule has 2 aromatic rings. The Labute approximate surface area is 122 Å². The van der Waals surface area contributed by atoms with Crippen molar-refractivity contribution in [2.45, 2.75) is 11.8 Å². The molecule has 2 rings (SSSR count). The van der Waals surface area contributed by atoms with Crippen molar-refractivity contribution in [2.75, 3.05) is 4.72 Å². The third-order valence-electron chi connectivity index (χ3n) is 2.31. The molecule has 0 saturated heterocycles. The number of sulfonamides is 1. The van der Waals surface area contributed by atoms with Crippen LogP contribution in [-0.4, -0.2) is 24.5 Å². The maximum Gasteiger partial charge on any atom is 0.371 e. The van der Waals surface area contributed by atoms with Gasteiger partial charge >= 0.3 is 5.97 Å². The molecule has 0 atom stereocenters. The van der Waals surface area contributed by atoms with Gasteiger partial charge in [0, 0.05) is 12.3 Å². The number of aromatic nitrogens is 1. The molecular formula is C11H9BrN2O5S. The molecule has 0 spiro atoms. The van der Waals surface area contributed by atoms with Crippen LogP contribution in [0, 0.1) is 6.92 Å². The van der Waals surface area contributed by atoms with Crippen LogP contribution in [-0.2, 0) is 10.0 Å². The van der Waals surface area contributed by atoms with Crippen molar-refractivity contribution in [1.29, 1.82) is 0 Å². The van der Waals surface area contributed by atoms with E-state index in [9.17, 15) is 13.2 Å². The third kappa shape index (κ3) is 2.99. The summed E-state index contributed by atoms with van der Waals surface area (Å²) in [6.07, 6.45) is 1.50. The number of nitrogens with one attached hydrogen (secondary N) is 1. The molecule has 7 nitrogen and oxygen atoms in total. The fraction of sp³-hybridized carbons (Fsp3) is 0.0909. The molecule has 20 heavy (non-hydrogen) atoms. The van der Waals surface area contributed by atoms with Crippen molar-refractivity contribution in [2.24, 2.45) is 0 Å². The summed E-state index contributed by atoms with van der Waals surface area (Å²) in [4.78, 5) is 14.3. The Morgan fingerprint density at radius 3 is 2.65 bits per heavy atom. The van der Waals surface area contributed by atoms with Gasteiger partial charge in [0.15, 0.2) is 4.67 Å². The van der Waals surface area contributed by atoms with Crippen LogP contribution >= 0.6 is 15.9 Å². The maximum atomic E-state index is 12.1. The number of anilines is 1. The number of furan rings is 1. The number of rotatable bonds is 4. The number of hydrogen-bond acceptors (Lipinski definition) is 5. The fourth-order valence-electron chi connectivity index (χ4n) is 1.36. The topological polar surface area (TPSA) is 110 Å². The Kier molecular flexibility index (Phi) is 3.82. The fourth-order valence-corrected chi connectivity index (χ4v) is 3.31. The zero-order valence-corrected chi connectivity index (χ0v) is 12.5. The molecule has 106 valence electrons. The van der Waals surface area contributed by atoms with Crippen LogP contribution in [0.25, 0.3) is 0 Å². The van der Waals surface area contributed by atoms with Crippen molar-refractivity contribution >= 4 is 37.7 Å². The average molecular weight is 361 g/mol. The number of carbonyl (C=O) groups is 1. The Hall–Kier alpha value is -1.87. The lowest BCUT2D eigenvalue weighted by Gasteiger charge is -2.05. The molecule has 0 aromatic carbocycles. The van der Waals surface area contributed by atoms with E-state index in [2.05, 4.69) is 25.6 Å². The zero-order chi connectivity index (χ0) is 14.9. The van der Waals surface area contributed by atoms with Crippen LogP contribution in [0.5, 0.6) is 0 Å². The summed E-state index contributed by atoms with van der Waals surface area (Å²) in [6, 6.07) is 4.11. The highest BCUT2D eigenvalue weighted by atomic mass is 79.9. The van der Waals surface area contributed by atoms with Gasteiger partial charge < -0.3 is 9.52 Å². The first kappa shape index (κ1) is 14.5. The van der Waals surface area contributed by atoms with Gasteiger partial charge in [-0.25, -0.2) is 18.2 Å². The quantitative estimate of drug-likeness (QED) is 0.864. The number of aryl methyl sites for hydroxylation is 1. The summed E-state index contributed by atoms with van der Waals surface area (Å²) >= 11 is 2.88. The lowest BCUT2D eigenvalue weighted by molar-refractivity contribution is 0.0661. The molecule has 2 N–H and O–H groups in total. The standard InChI is InChI=1S/C11H9BrN2O5S/c1-6-2-3-9(13-5-6)14-20(17,18)8-4-7(11(15)16)19-10(8)12/h2-5H,1H3,(H,13,14)(H,15,16). The summed E-state index contributed by atoms with van der Waals surface area (Å²) in [5.74, 6) is -1.71. The van der Waals surface area contributed by atoms with E-state index < -0.39 is 21.8 Å². The molecule has 0 radical (unpaired) electrons. The second-order valence-electron chi connectivity index (χ2n) is 3.88. The summed E-state index contributed by atoms with van der Waals surface area (Å²) in [6.45, 7) is 1.82. The largest absolute Gasteiger partial charge is 0.475 e. The number of halogens is 1. The number of carboxylic acid groups (broad SMARTS) is 1. The third-order valence-corrected chi connectivity index (χ3v) is 4.52. The van der Waals surface area contributed by atoms with E-state index in [4.69, 9.17) is 9.52 Å². The zero-order valence-electron chi connectivity index (χ0n) is 10.1. The Morgan fingerprint density at radius 2 is 2.15 bits per heavy atom. The minimum Gasteiger partial charge on any atom is -0.475 e. The summed E-state index contributed by atoms with van der Waals surface area (Å²) in [7, 11) is -3.99. The minimum absolute atomic E-state index is 0.126. The Balaban J connectivity index is 2.35. The number of aromatic carboxylic acids is 1. The van der Waals surface area contributed by atoms with Crippen molar-refractivity contribution < 1.29 is 22.7 Å². The van der Waals surface area contributed by atoms with Crippen molar-refractivity contribution in [1.82, 2.24) is 4.98 Å². The van der Waals surface area contributed by atoms with Crippen LogP contribution < -0.4 is 4.72 Å². The van der Waals surface area contributed by atoms with E-state index in [-0.39, 0.29) is 15.4 Å². The second kappa shape index (κ2) is 5.25. The maximum absolute atomic E-state index is 12.1. The van der Waals surface area contributed by atoms with Crippen LogP contribution in [0.4, 0.5) is 5.82 Å². The Bertz CT molecular complexity index is 752. The van der Waals surface area contributed by atoms with E-state index in [0.29, 0.717) is 0 Å². The van der Waals surface area contributed by atoms with Gasteiger partial charge in [-0.2, -0.15) is 0 Å². The minimum atomic E-state index is -3.99. The van der Waals surface area contributed by atoms with Gasteiger partial charge in [0.05, 0.1) is 0 Å². The predicted octanol–water partition coefficient (Wildman–Crippen LogP) is 2.24. The molecule has 9 heteroatoms. The lowest BCUT2D eigenvalue weighted by atomic mass is 10.3. The average Bonchev–Trinajstić information content (AvgIpc) is 2.75. The summed E-state index contributed by atoms with van der Waals surface area (Å²) < 4.78 is 31.1. The number of carboxylic acids is 1. The predicted molar refractivity (Wildman–Crippen MR) is 73.1 cm³/mol. The highest BCUT2D eigenvalue weighted by Crippen LogP contribution is 2.27. The molecule has 0 bridgehead atoms. The van der Waals surface area contributed by atoms with Gasteiger partial charge in [-0.3, -0.25) is 4.72 Å². The molecule has 0 aliphatic rings. The van der Waals surface area contributed by atoms with Gasteiger partial charge in [-0.05, 0) is 34.5 Å². The molecular weight excluding hydrogens is 352 g/mol. The van der Waals surface area contributed by atoms with Crippen molar-refractivity contribution in [3.63, 3.8) is 0 Å². The molecule has 0 unspecified atom stereocenters. The van der Waals surface area contributed by atoms with Gasteiger partial charge in [-0.1, -0.05) is 6.07 Å². The number of pyridine rings is 1. The van der Waals surface area contributed by atoms with Crippen LogP contribution in [0.3, 0.4) is 0 Å². The normalized spacial score (nSPS) is 11.3. The van der Waals surface area contributed by atoms with Gasteiger partial charge in [0.25, 0.3) is 10.0 Å². The molecule has 0 saturated carbocycles. The van der Waals surface area contributed by atoms with E-state index in [1.165, 1.54) is 12.3 Å². The molecule has 0 fully saturated rings. The first-order valence-electron chi connectivity index (χ1n) is 5.28. The van der Waals surface area contributed by atoms with Crippen molar-refractivity contribution in [3.05, 3.63) is 40.4 Å². The number of nitrogens with zero attached hydrogens (tertiary/aromatic N) is 1. The molecule has 2 heterocycles. The van der Waals surface area contributed by atoms with Crippen molar-refractivity contribution in [3.8, 4) is 0 Å². The second-order valence-corrected chi connectivity index (χ2v) is 6.25. The Morgan fingerprint density at radius 1 is 1.45 bits per heavy atom. The first-order chi connectivity index (χ1) is 9.29. The molecule has 0 aliphatic carbocycles. The lowest BCUT2D eigenvalue weighted by Crippen LogP contribution is -2.13. The molecule has 0 amide bonds. The molecule has 2 aromatic heterocycles. The van der Waals surface area contributed by atoms with Gasteiger partial charge in [0.2, 0.25) is 5.76 Å². The van der Waals surface area contributed by atoms with E-state index in [0.717, 1.165) is 11.6 Å². The van der Waals surface area contributed by atoms with E-state index in [1.54, 1.807) is 6.07 Å². The molecule has 0 aliphatic heterocycles. The first-order valence-corrected chi connectivity index (χ1v) is 7.55. The van der Waals surface area contributed by atoms with Gasteiger partial charge in [-0.15, -0.1) is 0 Å². The van der Waals surface area contributed by atoms with E-state index >= 15 is 0 Å². The highest BCUT2D eigenvalue weighted by molar-refractivity contribution is 9.10. The van der Waals surface area contributed by atoms with Gasteiger partial charge in [0.1, 0.15) is 10.7 Å². The van der Waals surface area contributed by atoms with E-state index in [1.807, 2.05) is 6.92 Å². The SMILES string of the molecule is Cc1ccc(NS(=O)(=O)c2cc(C(=O)O)oc2Br)nc1. The van der Waals surface area contributed by atoms with Crippen LogP contribution in [0.1, 0.15) is 16.1 Å². The smallest absolute Gasteiger partial charge is 0.371 e.